The van der Waals surface area contributed by atoms with E-state index in [0.717, 1.165) is 11.3 Å². The summed E-state index contributed by atoms with van der Waals surface area (Å²) in [5.74, 6) is 0.100. The summed E-state index contributed by atoms with van der Waals surface area (Å²) in [7, 11) is 1.99. The van der Waals surface area contributed by atoms with Gasteiger partial charge in [0.25, 0.3) is 5.91 Å². The van der Waals surface area contributed by atoms with Crippen molar-refractivity contribution in [3.8, 4) is 0 Å². The highest BCUT2D eigenvalue weighted by atomic mass is 16.2. The Balaban J connectivity index is 1.87. The first-order valence-corrected chi connectivity index (χ1v) is 7.14. The Morgan fingerprint density at radius 1 is 1.05 bits per heavy atom. The van der Waals surface area contributed by atoms with Crippen LogP contribution >= 0.6 is 0 Å². The van der Waals surface area contributed by atoms with Crippen molar-refractivity contribution >= 4 is 11.6 Å². The molecule has 1 amide bonds. The van der Waals surface area contributed by atoms with E-state index in [0.29, 0.717) is 6.54 Å². The van der Waals surface area contributed by atoms with E-state index >= 15 is 0 Å². The van der Waals surface area contributed by atoms with Gasteiger partial charge in [-0.3, -0.25) is 4.79 Å². The molecule has 0 saturated carbocycles. The monoisotopic (exact) mass is 276 g/mol. The number of rotatable bonds is 0. The van der Waals surface area contributed by atoms with Crippen LogP contribution in [0.1, 0.15) is 27.5 Å². The number of carbonyl (C=O) groups excluding carboxylic acids is 1. The molecule has 2 aromatic rings. The summed E-state index contributed by atoms with van der Waals surface area (Å²) in [6.07, 6.45) is 4.17. The first kappa shape index (κ1) is 12.2. The zero-order valence-electron chi connectivity index (χ0n) is 11.9. The summed E-state index contributed by atoms with van der Waals surface area (Å²) in [4.78, 5) is 16.9. The molecule has 0 bridgehead atoms. The van der Waals surface area contributed by atoms with Crippen LogP contribution in [0.4, 0.5) is 5.69 Å². The standard InChI is InChI=1S/C18H16N2O/c1-19-11-10-17-14-7-3-2-6-13(14)12-20(17)18(21)15-8-4-5-9-16(15)19/h2-11,17H,12H2,1H3. The molecule has 2 aliphatic heterocycles. The molecule has 0 aliphatic carbocycles. The van der Waals surface area contributed by atoms with Gasteiger partial charge in [0.15, 0.2) is 0 Å². The van der Waals surface area contributed by atoms with Gasteiger partial charge >= 0.3 is 0 Å². The highest BCUT2D eigenvalue weighted by Crippen LogP contribution is 2.38. The van der Waals surface area contributed by atoms with Gasteiger partial charge in [0.2, 0.25) is 0 Å². The molecule has 2 aliphatic rings. The van der Waals surface area contributed by atoms with Crippen LogP contribution in [-0.4, -0.2) is 17.9 Å². The van der Waals surface area contributed by atoms with Crippen molar-refractivity contribution in [1.82, 2.24) is 4.90 Å². The molecule has 0 saturated heterocycles. The number of hydrogen-bond donors (Lipinski definition) is 0. The summed E-state index contributed by atoms with van der Waals surface area (Å²) < 4.78 is 0. The number of fused-ring (bicyclic) bond motifs is 4. The van der Waals surface area contributed by atoms with Crippen LogP contribution in [0, 0.1) is 0 Å². The summed E-state index contributed by atoms with van der Waals surface area (Å²) in [5.41, 5.74) is 4.19. The van der Waals surface area contributed by atoms with Gasteiger partial charge in [-0.05, 0) is 29.3 Å². The maximum Gasteiger partial charge on any atom is 0.257 e. The molecule has 0 radical (unpaired) electrons. The second-order valence-electron chi connectivity index (χ2n) is 5.55. The molecule has 2 heterocycles. The summed E-state index contributed by atoms with van der Waals surface area (Å²) >= 11 is 0. The molecule has 1 atom stereocenters. The van der Waals surface area contributed by atoms with Gasteiger partial charge in [-0.25, -0.2) is 0 Å². The number of benzene rings is 2. The average molecular weight is 276 g/mol. The van der Waals surface area contributed by atoms with E-state index < -0.39 is 0 Å². The number of para-hydroxylation sites is 1. The van der Waals surface area contributed by atoms with Gasteiger partial charge in [-0.2, -0.15) is 0 Å². The van der Waals surface area contributed by atoms with Crippen LogP contribution in [-0.2, 0) is 6.54 Å². The third-order valence-electron chi connectivity index (χ3n) is 4.32. The second-order valence-corrected chi connectivity index (χ2v) is 5.55. The summed E-state index contributed by atoms with van der Waals surface area (Å²) in [5, 5.41) is 0. The summed E-state index contributed by atoms with van der Waals surface area (Å²) in [6, 6.07) is 16.1. The quantitative estimate of drug-likeness (QED) is 0.736. The number of nitrogens with zero attached hydrogens (tertiary/aromatic N) is 2. The number of carbonyl (C=O) groups is 1. The van der Waals surface area contributed by atoms with Gasteiger partial charge in [0.05, 0.1) is 17.3 Å². The summed E-state index contributed by atoms with van der Waals surface area (Å²) in [6.45, 7) is 0.683. The zero-order valence-corrected chi connectivity index (χ0v) is 11.9. The molecular weight excluding hydrogens is 260 g/mol. The van der Waals surface area contributed by atoms with E-state index in [1.165, 1.54) is 11.1 Å². The molecule has 0 N–H and O–H groups in total. The first-order valence-electron chi connectivity index (χ1n) is 7.14. The highest BCUT2D eigenvalue weighted by Gasteiger charge is 2.34. The smallest absolute Gasteiger partial charge is 0.257 e. The number of amides is 1. The average Bonchev–Trinajstić information content (AvgIpc) is 2.89. The maximum atomic E-state index is 13.0. The topological polar surface area (TPSA) is 23.6 Å². The largest absolute Gasteiger partial charge is 0.351 e. The normalized spacial score (nSPS) is 19.7. The van der Waals surface area contributed by atoms with E-state index in [1.807, 2.05) is 53.2 Å². The van der Waals surface area contributed by atoms with Crippen LogP contribution in [0.25, 0.3) is 0 Å². The Morgan fingerprint density at radius 3 is 2.71 bits per heavy atom. The van der Waals surface area contributed by atoms with Gasteiger partial charge < -0.3 is 9.80 Å². The third kappa shape index (κ3) is 1.77. The Hall–Kier alpha value is -2.55. The fraction of sp³-hybridized carbons (Fsp3) is 0.167. The Kier molecular flexibility index (Phi) is 2.61. The molecule has 4 rings (SSSR count). The number of hydrogen-bond acceptors (Lipinski definition) is 2. The van der Waals surface area contributed by atoms with Gasteiger partial charge in [-0.1, -0.05) is 36.4 Å². The van der Waals surface area contributed by atoms with Crippen LogP contribution in [0.15, 0.2) is 60.8 Å². The van der Waals surface area contributed by atoms with E-state index in [-0.39, 0.29) is 11.9 Å². The van der Waals surface area contributed by atoms with Crippen molar-refractivity contribution in [2.75, 3.05) is 11.9 Å². The predicted octanol–water partition coefficient (Wildman–Crippen LogP) is 3.35. The Bertz CT molecular complexity index is 750. The van der Waals surface area contributed by atoms with E-state index in [2.05, 4.69) is 24.4 Å². The van der Waals surface area contributed by atoms with Crippen molar-refractivity contribution in [1.29, 1.82) is 0 Å². The maximum absolute atomic E-state index is 13.0. The van der Waals surface area contributed by atoms with Gasteiger partial charge in [0.1, 0.15) is 0 Å². The van der Waals surface area contributed by atoms with Crippen molar-refractivity contribution in [2.24, 2.45) is 0 Å². The third-order valence-corrected chi connectivity index (χ3v) is 4.32. The predicted molar refractivity (Wildman–Crippen MR) is 83.0 cm³/mol. The molecule has 1 unspecified atom stereocenters. The highest BCUT2D eigenvalue weighted by molar-refractivity contribution is 6.01. The Morgan fingerprint density at radius 2 is 1.81 bits per heavy atom. The minimum Gasteiger partial charge on any atom is -0.351 e. The van der Waals surface area contributed by atoms with Gasteiger partial charge in [-0.15, -0.1) is 0 Å². The lowest BCUT2D eigenvalue weighted by molar-refractivity contribution is 0.0723. The Labute approximate surface area is 124 Å². The van der Waals surface area contributed by atoms with Gasteiger partial charge in [0, 0.05) is 19.8 Å². The van der Waals surface area contributed by atoms with Crippen LogP contribution < -0.4 is 4.90 Å². The lowest BCUT2D eigenvalue weighted by Crippen LogP contribution is -2.32. The van der Waals surface area contributed by atoms with Crippen molar-refractivity contribution in [2.45, 2.75) is 12.6 Å². The van der Waals surface area contributed by atoms with E-state index in [4.69, 9.17) is 0 Å². The molecule has 21 heavy (non-hydrogen) atoms. The minimum atomic E-state index is 0.0320. The second kappa shape index (κ2) is 4.48. The molecule has 0 aromatic heterocycles. The molecule has 0 spiro atoms. The van der Waals surface area contributed by atoms with Crippen molar-refractivity contribution < 1.29 is 4.79 Å². The lowest BCUT2D eigenvalue weighted by atomic mass is 10.0. The molecule has 3 nitrogen and oxygen atoms in total. The van der Waals surface area contributed by atoms with Crippen LogP contribution in [0.2, 0.25) is 0 Å². The lowest BCUT2D eigenvalue weighted by Gasteiger charge is -2.29. The van der Waals surface area contributed by atoms with E-state index in [9.17, 15) is 4.79 Å². The van der Waals surface area contributed by atoms with Crippen molar-refractivity contribution in [3.05, 3.63) is 77.5 Å². The zero-order chi connectivity index (χ0) is 14.4. The van der Waals surface area contributed by atoms with Crippen LogP contribution in [0.3, 0.4) is 0 Å². The molecule has 104 valence electrons. The fourth-order valence-electron chi connectivity index (χ4n) is 3.23. The first-order chi connectivity index (χ1) is 10.3. The minimum absolute atomic E-state index is 0.0320. The molecule has 2 aromatic carbocycles. The van der Waals surface area contributed by atoms with Crippen molar-refractivity contribution in [3.63, 3.8) is 0 Å². The van der Waals surface area contributed by atoms with E-state index in [1.54, 1.807) is 0 Å². The fourth-order valence-corrected chi connectivity index (χ4v) is 3.23. The molecule has 0 fully saturated rings. The SMILES string of the molecule is CN1C=CC2c3ccccc3CN2C(=O)c2ccccc21. The molecular formula is C18H16N2O. The molecule has 3 heteroatoms. The van der Waals surface area contributed by atoms with Crippen LogP contribution in [0.5, 0.6) is 0 Å². The number of anilines is 1.